The van der Waals surface area contributed by atoms with Crippen LogP contribution in [-0.4, -0.2) is 48.6 Å². The number of sulfonamides is 1. The Labute approximate surface area is 149 Å². The van der Waals surface area contributed by atoms with E-state index < -0.39 is 10.0 Å². The van der Waals surface area contributed by atoms with Crippen molar-refractivity contribution in [3.8, 4) is 10.8 Å². The molecule has 0 radical (unpaired) electrons. The smallest absolute Gasteiger partial charge is 0.311 e. The van der Waals surface area contributed by atoms with Crippen molar-refractivity contribution >= 4 is 27.3 Å². The molecule has 2 aliphatic rings. The number of hydrogen-bond acceptors (Lipinski definition) is 7. The molecule has 8 nitrogen and oxygen atoms in total. The fraction of sp³-hybridized carbons (Fsp3) is 0.533. The Morgan fingerprint density at radius 1 is 1.32 bits per heavy atom. The van der Waals surface area contributed by atoms with Gasteiger partial charge in [-0.15, -0.1) is 21.5 Å². The molecule has 1 saturated heterocycles. The zero-order valence-corrected chi connectivity index (χ0v) is 15.3. The monoisotopic (exact) mass is 382 g/mol. The molecule has 2 fully saturated rings. The Bertz CT molecular complexity index is 908. The summed E-state index contributed by atoms with van der Waals surface area (Å²) in [5.74, 6) is -0.153. The minimum absolute atomic E-state index is 0.0424. The van der Waals surface area contributed by atoms with Crippen LogP contribution in [0.25, 0.3) is 10.8 Å². The molecule has 10 heteroatoms. The molecule has 1 N–H and O–H groups in total. The molecule has 0 aromatic carbocycles. The van der Waals surface area contributed by atoms with E-state index in [1.54, 1.807) is 11.8 Å². The van der Waals surface area contributed by atoms with Gasteiger partial charge in [-0.3, -0.25) is 4.79 Å². The van der Waals surface area contributed by atoms with Gasteiger partial charge in [0.1, 0.15) is 0 Å². The lowest BCUT2D eigenvalue weighted by atomic mass is 10.4. The van der Waals surface area contributed by atoms with E-state index in [-0.39, 0.29) is 28.6 Å². The number of aromatic nitrogens is 2. The lowest BCUT2D eigenvalue weighted by molar-refractivity contribution is 0.0754. The Morgan fingerprint density at radius 3 is 2.72 bits per heavy atom. The summed E-state index contributed by atoms with van der Waals surface area (Å²) in [6.45, 7) is 3.13. The molecule has 1 aliphatic heterocycles. The second kappa shape index (κ2) is 6.19. The SMILES string of the molecule is Cc1sc(-c2nnc(C(=O)N3CCCC3)o2)cc1S(=O)(=O)NC1CC1. The van der Waals surface area contributed by atoms with Gasteiger partial charge < -0.3 is 9.32 Å². The van der Waals surface area contributed by atoms with Gasteiger partial charge in [0.25, 0.3) is 5.89 Å². The molecule has 2 aromatic rings. The van der Waals surface area contributed by atoms with E-state index in [0.717, 1.165) is 25.7 Å². The first-order chi connectivity index (χ1) is 11.9. The summed E-state index contributed by atoms with van der Waals surface area (Å²) < 4.78 is 33.0. The molecule has 134 valence electrons. The summed E-state index contributed by atoms with van der Waals surface area (Å²) in [6.07, 6.45) is 3.71. The van der Waals surface area contributed by atoms with E-state index in [9.17, 15) is 13.2 Å². The van der Waals surface area contributed by atoms with Crippen LogP contribution in [0.2, 0.25) is 0 Å². The summed E-state index contributed by atoms with van der Waals surface area (Å²) >= 11 is 1.26. The van der Waals surface area contributed by atoms with E-state index in [1.807, 2.05) is 0 Å². The van der Waals surface area contributed by atoms with Gasteiger partial charge >= 0.3 is 11.8 Å². The zero-order valence-electron chi connectivity index (χ0n) is 13.7. The normalized spacial score (nSPS) is 18.0. The van der Waals surface area contributed by atoms with Crippen LogP contribution >= 0.6 is 11.3 Å². The fourth-order valence-electron chi connectivity index (χ4n) is 2.79. The van der Waals surface area contributed by atoms with E-state index in [1.165, 1.54) is 17.4 Å². The molecule has 25 heavy (non-hydrogen) atoms. The summed E-state index contributed by atoms with van der Waals surface area (Å²) in [6, 6.07) is 1.57. The Kier molecular flexibility index (Phi) is 4.13. The lowest BCUT2D eigenvalue weighted by Gasteiger charge is -2.11. The predicted octanol–water partition coefficient (Wildman–Crippen LogP) is 1.78. The van der Waals surface area contributed by atoms with Gasteiger partial charge in [-0.1, -0.05) is 0 Å². The van der Waals surface area contributed by atoms with Gasteiger partial charge in [0.05, 0.1) is 9.77 Å². The molecule has 3 heterocycles. The molecule has 0 spiro atoms. The van der Waals surface area contributed by atoms with Crippen molar-refractivity contribution in [1.82, 2.24) is 19.8 Å². The summed E-state index contributed by atoms with van der Waals surface area (Å²) in [5.41, 5.74) is 0. The first-order valence-electron chi connectivity index (χ1n) is 8.20. The Hall–Kier alpha value is -1.78. The van der Waals surface area contributed by atoms with Crippen LogP contribution in [-0.2, 0) is 10.0 Å². The minimum Gasteiger partial charge on any atom is -0.411 e. The van der Waals surface area contributed by atoms with Crippen molar-refractivity contribution in [3.05, 3.63) is 16.8 Å². The third-order valence-corrected chi connectivity index (χ3v) is 7.09. The van der Waals surface area contributed by atoms with E-state index in [2.05, 4.69) is 14.9 Å². The summed E-state index contributed by atoms with van der Waals surface area (Å²) in [5, 5.41) is 7.75. The number of carbonyl (C=O) groups is 1. The number of nitrogens with one attached hydrogen (secondary N) is 1. The van der Waals surface area contributed by atoms with Gasteiger partial charge in [0, 0.05) is 24.0 Å². The quantitative estimate of drug-likeness (QED) is 0.845. The number of aryl methyl sites for hydroxylation is 1. The number of likely N-dealkylation sites (tertiary alicyclic amines) is 1. The highest BCUT2D eigenvalue weighted by Gasteiger charge is 2.31. The topological polar surface area (TPSA) is 105 Å². The fourth-order valence-corrected chi connectivity index (χ4v) is 5.60. The second-order valence-electron chi connectivity index (χ2n) is 6.34. The van der Waals surface area contributed by atoms with Crippen LogP contribution < -0.4 is 4.72 Å². The highest BCUT2D eigenvalue weighted by Crippen LogP contribution is 2.34. The molecule has 0 atom stereocenters. The van der Waals surface area contributed by atoms with Gasteiger partial charge in [0.15, 0.2) is 0 Å². The van der Waals surface area contributed by atoms with Crippen molar-refractivity contribution in [3.63, 3.8) is 0 Å². The number of nitrogens with zero attached hydrogens (tertiary/aromatic N) is 3. The van der Waals surface area contributed by atoms with Crippen LogP contribution in [0, 0.1) is 6.92 Å². The van der Waals surface area contributed by atoms with Crippen molar-refractivity contribution in [2.24, 2.45) is 0 Å². The van der Waals surface area contributed by atoms with Gasteiger partial charge in [-0.25, -0.2) is 13.1 Å². The van der Waals surface area contributed by atoms with Crippen molar-refractivity contribution in [1.29, 1.82) is 0 Å². The first kappa shape index (κ1) is 16.7. The molecule has 1 saturated carbocycles. The van der Waals surface area contributed by atoms with Crippen LogP contribution in [0.4, 0.5) is 0 Å². The third kappa shape index (κ3) is 3.33. The zero-order chi connectivity index (χ0) is 17.6. The molecule has 1 aliphatic carbocycles. The molecule has 0 unspecified atom stereocenters. The number of amides is 1. The van der Waals surface area contributed by atoms with Crippen LogP contribution in [0.1, 0.15) is 41.2 Å². The largest absolute Gasteiger partial charge is 0.411 e. The van der Waals surface area contributed by atoms with E-state index in [0.29, 0.717) is 22.8 Å². The average Bonchev–Trinajstić information content (AvgIpc) is 3.05. The summed E-state index contributed by atoms with van der Waals surface area (Å²) in [7, 11) is -3.54. The van der Waals surface area contributed by atoms with Crippen molar-refractivity contribution in [2.45, 2.75) is 43.5 Å². The molecular weight excluding hydrogens is 364 g/mol. The molecule has 1 amide bonds. The third-order valence-electron chi connectivity index (χ3n) is 4.27. The first-order valence-corrected chi connectivity index (χ1v) is 10.5. The highest BCUT2D eigenvalue weighted by molar-refractivity contribution is 7.89. The van der Waals surface area contributed by atoms with Crippen LogP contribution in [0.3, 0.4) is 0 Å². The van der Waals surface area contributed by atoms with Gasteiger partial charge in [-0.2, -0.15) is 0 Å². The molecule has 4 rings (SSSR count). The van der Waals surface area contributed by atoms with E-state index in [4.69, 9.17) is 4.42 Å². The Morgan fingerprint density at radius 2 is 2.04 bits per heavy atom. The maximum Gasteiger partial charge on any atom is 0.311 e. The minimum atomic E-state index is -3.54. The second-order valence-corrected chi connectivity index (χ2v) is 9.28. The van der Waals surface area contributed by atoms with Crippen LogP contribution in [0.5, 0.6) is 0 Å². The van der Waals surface area contributed by atoms with E-state index >= 15 is 0 Å². The number of hydrogen-bond donors (Lipinski definition) is 1. The molecule has 0 bridgehead atoms. The highest BCUT2D eigenvalue weighted by atomic mass is 32.2. The maximum absolute atomic E-state index is 12.4. The lowest BCUT2D eigenvalue weighted by Crippen LogP contribution is -2.27. The summed E-state index contributed by atoms with van der Waals surface area (Å²) in [4.78, 5) is 15.4. The number of carbonyl (C=O) groups excluding carboxylic acids is 1. The van der Waals surface area contributed by atoms with Gasteiger partial charge in [-0.05, 0) is 38.7 Å². The predicted molar refractivity (Wildman–Crippen MR) is 90.8 cm³/mol. The Balaban J connectivity index is 1.58. The van der Waals surface area contributed by atoms with Gasteiger partial charge in [0.2, 0.25) is 10.0 Å². The molecular formula is C15H18N4O4S2. The maximum atomic E-state index is 12.4. The number of rotatable bonds is 5. The number of thiophene rings is 1. The molecule has 2 aromatic heterocycles. The van der Waals surface area contributed by atoms with Crippen molar-refractivity contribution < 1.29 is 17.6 Å². The average molecular weight is 382 g/mol. The van der Waals surface area contributed by atoms with Crippen molar-refractivity contribution in [2.75, 3.05) is 13.1 Å². The standard InChI is InChI=1S/C15H18N4O4S2/c1-9-12(25(21,22)18-10-4-5-10)8-11(24-9)13-16-17-14(23-13)15(20)19-6-2-3-7-19/h8,10,18H,2-7H2,1H3. The van der Waals surface area contributed by atoms with Crippen LogP contribution in [0.15, 0.2) is 15.4 Å².